The van der Waals surface area contributed by atoms with Gasteiger partial charge in [0.25, 0.3) is 5.91 Å². The molecule has 134 valence electrons. The Morgan fingerprint density at radius 3 is 2.81 bits per heavy atom. The molecular weight excluding hydrogens is 354 g/mol. The zero-order valence-electron chi connectivity index (χ0n) is 14.3. The van der Waals surface area contributed by atoms with Gasteiger partial charge in [0.1, 0.15) is 11.1 Å². The number of pyridine rings is 1. The molecule has 1 saturated heterocycles. The highest BCUT2D eigenvalue weighted by Crippen LogP contribution is 2.26. The highest BCUT2D eigenvalue weighted by Gasteiger charge is 2.18. The molecule has 0 bridgehead atoms. The number of hydrogen-bond acceptors (Lipinski definition) is 5. The number of halogens is 1. The molecule has 1 aromatic carbocycles. The maximum atomic E-state index is 12.4. The fraction of sp³-hybridized carbons (Fsp3) is 0.316. The number of ether oxygens (including phenoxy) is 2. The molecule has 0 spiro atoms. The van der Waals surface area contributed by atoms with E-state index in [0.717, 1.165) is 18.4 Å². The predicted octanol–water partition coefficient (Wildman–Crippen LogP) is 3.73. The third-order valence-electron chi connectivity index (χ3n) is 3.98. The van der Waals surface area contributed by atoms with Crippen molar-refractivity contribution in [2.75, 3.05) is 18.5 Å². The quantitative estimate of drug-likeness (QED) is 0.885. The molecule has 0 atom stereocenters. The van der Waals surface area contributed by atoms with Crippen LogP contribution in [0.15, 0.2) is 30.5 Å². The largest absolute Gasteiger partial charge is 0.473 e. The molecule has 2 aromatic rings. The number of nitrogens with zero attached hydrogens (tertiary/aromatic N) is 2. The molecule has 1 fully saturated rings. The lowest BCUT2D eigenvalue weighted by molar-refractivity contribution is 0.0238. The minimum absolute atomic E-state index is 0.0186. The van der Waals surface area contributed by atoms with Gasteiger partial charge in [0.15, 0.2) is 0 Å². The molecule has 7 heteroatoms. The number of amides is 1. The minimum atomic E-state index is -0.355. The van der Waals surface area contributed by atoms with Crippen molar-refractivity contribution >= 4 is 23.2 Å². The number of aromatic nitrogens is 1. The Morgan fingerprint density at radius 1 is 1.35 bits per heavy atom. The maximum Gasteiger partial charge on any atom is 0.257 e. The van der Waals surface area contributed by atoms with Gasteiger partial charge in [0.2, 0.25) is 5.88 Å². The van der Waals surface area contributed by atoms with Gasteiger partial charge in [-0.2, -0.15) is 5.26 Å². The highest BCUT2D eigenvalue weighted by atomic mass is 35.5. The van der Waals surface area contributed by atoms with E-state index in [1.54, 1.807) is 18.2 Å². The Kier molecular flexibility index (Phi) is 5.71. The fourth-order valence-electron chi connectivity index (χ4n) is 2.71. The normalized spacial score (nSPS) is 14.5. The molecule has 1 aromatic heterocycles. The van der Waals surface area contributed by atoms with Crippen LogP contribution < -0.4 is 10.1 Å². The van der Waals surface area contributed by atoms with Gasteiger partial charge in [-0.05, 0) is 36.8 Å². The average Bonchev–Trinajstić information content (AvgIpc) is 2.63. The molecule has 1 amide bonds. The van der Waals surface area contributed by atoms with Crippen molar-refractivity contribution in [2.45, 2.75) is 25.9 Å². The van der Waals surface area contributed by atoms with Crippen LogP contribution in [0.5, 0.6) is 5.88 Å². The second-order valence-electron chi connectivity index (χ2n) is 6.09. The van der Waals surface area contributed by atoms with Crippen LogP contribution in [0, 0.1) is 18.3 Å². The molecule has 0 radical (unpaired) electrons. The maximum absolute atomic E-state index is 12.4. The number of nitrogens with one attached hydrogen (secondary N) is 1. The molecule has 0 aliphatic carbocycles. The van der Waals surface area contributed by atoms with Crippen LogP contribution >= 0.6 is 11.6 Å². The molecule has 6 nitrogen and oxygen atoms in total. The summed E-state index contributed by atoms with van der Waals surface area (Å²) in [5, 5.41) is 12.1. The number of carbonyl (C=O) groups excluding carboxylic acids is 1. The van der Waals surface area contributed by atoms with Crippen molar-refractivity contribution in [1.29, 1.82) is 5.26 Å². The lowest BCUT2D eigenvalue weighted by Gasteiger charge is -2.23. The molecule has 0 saturated carbocycles. The molecule has 3 rings (SSSR count). The first-order chi connectivity index (χ1) is 12.5. The van der Waals surface area contributed by atoms with Crippen LogP contribution in [0.2, 0.25) is 5.02 Å². The summed E-state index contributed by atoms with van der Waals surface area (Å²) in [5.41, 5.74) is 2.23. The van der Waals surface area contributed by atoms with Crippen LogP contribution in [0.4, 0.5) is 5.69 Å². The zero-order chi connectivity index (χ0) is 18.5. The summed E-state index contributed by atoms with van der Waals surface area (Å²) >= 11 is 6.23. The molecule has 26 heavy (non-hydrogen) atoms. The summed E-state index contributed by atoms with van der Waals surface area (Å²) in [6, 6.07) is 8.74. The van der Waals surface area contributed by atoms with Gasteiger partial charge in [0, 0.05) is 24.7 Å². The summed E-state index contributed by atoms with van der Waals surface area (Å²) in [5.74, 6) is -0.0380. The summed E-state index contributed by atoms with van der Waals surface area (Å²) < 4.78 is 11.1. The minimum Gasteiger partial charge on any atom is -0.473 e. The molecular formula is C19H18ClN3O3. The molecule has 1 aliphatic heterocycles. The Bertz CT molecular complexity index is 858. The number of carbonyl (C=O) groups is 1. The number of aryl methyl sites for hydroxylation is 1. The third kappa shape index (κ3) is 4.51. The van der Waals surface area contributed by atoms with Crippen molar-refractivity contribution in [1.82, 2.24) is 4.98 Å². The Labute approximate surface area is 156 Å². The summed E-state index contributed by atoms with van der Waals surface area (Å²) in [4.78, 5) is 16.6. The Balaban J connectivity index is 1.71. The number of anilines is 1. The van der Waals surface area contributed by atoms with Gasteiger partial charge in [-0.15, -0.1) is 0 Å². The van der Waals surface area contributed by atoms with E-state index in [1.807, 2.05) is 6.92 Å². The lowest BCUT2D eigenvalue weighted by Crippen LogP contribution is -2.26. The number of nitriles is 1. The van der Waals surface area contributed by atoms with E-state index in [4.69, 9.17) is 26.3 Å². The first kappa shape index (κ1) is 18.2. The highest BCUT2D eigenvalue weighted by molar-refractivity contribution is 6.32. The summed E-state index contributed by atoms with van der Waals surface area (Å²) in [6.07, 6.45) is 3.02. The van der Waals surface area contributed by atoms with Gasteiger partial charge < -0.3 is 14.8 Å². The van der Waals surface area contributed by atoms with E-state index < -0.39 is 0 Å². The number of benzene rings is 1. The molecule has 1 aliphatic rings. The van der Waals surface area contributed by atoms with Gasteiger partial charge in [-0.1, -0.05) is 11.6 Å². The smallest absolute Gasteiger partial charge is 0.257 e. The van der Waals surface area contributed by atoms with Crippen molar-refractivity contribution in [3.8, 4) is 11.9 Å². The van der Waals surface area contributed by atoms with Crippen molar-refractivity contribution in [3.63, 3.8) is 0 Å². The first-order valence-electron chi connectivity index (χ1n) is 8.28. The van der Waals surface area contributed by atoms with Gasteiger partial charge in [-0.3, -0.25) is 4.79 Å². The van der Waals surface area contributed by atoms with E-state index in [9.17, 15) is 4.79 Å². The number of hydrogen-bond donors (Lipinski definition) is 1. The summed E-state index contributed by atoms with van der Waals surface area (Å²) in [7, 11) is 0. The van der Waals surface area contributed by atoms with Crippen LogP contribution in [0.3, 0.4) is 0 Å². The molecule has 2 heterocycles. The number of rotatable bonds is 4. The van der Waals surface area contributed by atoms with Crippen LogP contribution in [0.1, 0.15) is 34.3 Å². The van der Waals surface area contributed by atoms with Gasteiger partial charge >= 0.3 is 0 Å². The molecule has 1 N–H and O–H groups in total. The average molecular weight is 372 g/mol. The van der Waals surface area contributed by atoms with E-state index >= 15 is 0 Å². The monoisotopic (exact) mass is 371 g/mol. The first-order valence-corrected chi connectivity index (χ1v) is 8.66. The lowest BCUT2D eigenvalue weighted by atomic mass is 10.1. The Hall–Kier alpha value is -2.62. The van der Waals surface area contributed by atoms with E-state index in [-0.39, 0.29) is 17.0 Å². The predicted molar refractivity (Wildman–Crippen MR) is 97.6 cm³/mol. The van der Waals surface area contributed by atoms with Crippen molar-refractivity contribution in [3.05, 3.63) is 52.2 Å². The van der Waals surface area contributed by atoms with Crippen LogP contribution in [0.25, 0.3) is 0 Å². The van der Waals surface area contributed by atoms with Gasteiger partial charge in [-0.25, -0.2) is 4.98 Å². The Morgan fingerprint density at radius 2 is 2.12 bits per heavy atom. The standard InChI is InChI=1S/C19H18ClN3O3/c1-12-6-13(10-21)8-15(7-12)23-18(24)14-9-17(20)19(22-11-14)26-16-2-4-25-5-3-16/h6-9,11,16H,2-5H2,1H3,(H,23,24). The molecule has 0 unspecified atom stereocenters. The third-order valence-corrected chi connectivity index (χ3v) is 4.25. The topological polar surface area (TPSA) is 84.2 Å². The van der Waals surface area contributed by atoms with E-state index in [0.29, 0.717) is 35.9 Å². The van der Waals surface area contributed by atoms with Gasteiger partial charge in [0.05, 0.1) is 30.4 Å². The van der Waals surface area contributed by atoms with E-state index in [1.165, 1.54) is 12.3 Å². The van der Waals surface area contributed by atoms with Crippen molar-refractivity contribution < 1.29 is 14.3 Å². The summed E-state index contributed by atoms with van der Waals surface area (Å²) in [6.45, 7) is 3.17. The van der Waals surface area contributed by atoms with Crippen LogP contribution in [-0.4, -0.2) is 30.2 Å². The second kappa shape index (κ2) is 8.17. The van der Waals surface area contributed by atoms with Crippen LogP contribution in [-0.2, 0) is 4.74 Å². The second-order valence-corrected chi connectivity index (χ2v) is 6.50. The zero-order valence-corrected chi connectivity index (χ0v) is 15.0. The van der Waals surface area contributed by atoms with Crippen molar-refractivity contribution in [2.24, 2.45) is 0 Å². The SMILES string of the molecule is Cc1cc(C#N)cc(NC(=O)c2cnc(OC3CCOCC3)c(Cl)c2)c1. The van der Waals surface area contributed by atoms with E-state index in [2.05, 4.69) is 16.4 Å². The fourth-order valence-corrected chi connectivity index (χ4v) is 2.92.